The van der Waals surface area contributed by atoms with Crippen molar-refractivity contribution in [1.82, 2.24) is 10.6 Å². The molecule has 3 heterocycles. The van der Waals surface area contributed by atoms with Crippen molar-refractivity contribution in [3.63, 3.8) is 0 Å². The second-order valence-corrected chi connectivity index (χ2v) is 11.8. The quantitative estimate of drug-likeness (QED) is 0.0447. The Morgan fingerprint density at radius 3 is 2.23 bits per heavy atom. The number of ether oxygens (including phenoxy) is 4. The predicted molar refractivity (Wildman–Crippen MR) is 138 cm³/mol. The lowest BCUT2D eigenvalue weighted by atomic mass is 9.76. The summed E-state index contributed by atoms with van der Waals surface area (Å²) in [4.78, 5) is 15.9. The van der Waals surface area contributed by atoms with Gasteiger partial charge in [-0.15, -0.1) is 0 Å². The van der Waals surface area contributed by atoms with Crippen LogP contribution in [0.3, 0.4) is 0 Å². The van der Waals surface area contributed by atoms with Gasteiger partial charge in [-0.25, -0.2) is 13.4 Å². The molecule has 3 saturated heterocycles. The van der Waals surface area contributed by atoms with E-state index in [2.05, 4.69) is 15.6 Å². The third-order valence-corrected chi connectivity index (χ3v) is 9.00. The normalized spacial score (nSPS) is 50.2. The number of aldehydes is 1. The summed E-state index contributed by atoms with van der Waals surface area (Å²) < 4.78 is 58.3. The number of guanidine groups is 1. The lowest BCUT2D eigenvalue weighted by molar-refractivity contribution is -0.391. The minimum Gasteiger partial charge on any atom is -0.394 e. The Hall–Kier alpha value is -1.75. The number of nitrogens with two attached hydrogens (primary N) is 3. The van der Waals surface area contributed by atoms with E-state index in [1.807, 2.05) is 0 Å². The molecule has 0 radical (unpaired) electrons. The molecular weight excluding hydrogens is 624 g/mol. The molecule has 0 aromatic heterocycles. The fraction of sp³-hybridized carbons (Fsp3) is 0.905. The summed E-state index contributed by atoms with van der Waals surface area (Å²) in [5.41, 5.74) is 10.8. The van der Waals surface area contributed by atoms with Crippen molar-refractivity contribution in [3.8, 4) is 0 Å². The Morgan fingerprint density at radius 1 is 1.02 bits per heavy atom. The number of aliphatic imine (C=N–C) groups is 1. The van der Waals surface area contributed by atoms with Gasteiger partial charge >= 0.3 is 10.4 Å². The highest BCUT2D eigenvalue weighted by molar-refractivity contribution is 7.82. The summed E-state index contributed by atoms with van der Waals surface area (Å²) in [5, 5.41) is 80.4. The van der Waals surface area contributed by atoms with Gasteiger partial charge in [0.25, 0.3) is 11.5 Å². The van der Waals surface area contributed by atoms with Crippen molar-refractivity contribution in [3.05, 3.63) is 0 Å². The molecule has 1 aliphatic carbocycles. The summed E-state index contributed by atoms with van der Waals surface area (Å²) in [7, 11) is -3.93. The smallest absolute Gasteiger partial charge is 0.394 e. The maximum absolute atomic E-state index is 12.8. The Kier molecular flexibility index (Phi) is 9.94. The first-order valence-electron chi connectivity index (χ1n) is 13.2. The molecule has 15 atom stereocenters. The molecule has 3 aliphatic heterocycles. The number of fused-ring (bicyclic) bond motifs is 1. The molecule has 4 fully saturated rings. The van der Waals surface area contributed by atoms with Gasteiger partial charge in [-0.2, -0.15) is 8.42 Å². The van der Waals surface area contributed by atoms with Crippen LogP contribution in [-0.2, 0) is 42.5 Å². The molecular formula is C21H38N6O16S. The number of likely N-dealkylation sites (N-methyl/N-ethyl adjacent to an activating group) is 1. The van der Waals surface area contributed by atoms with Gasteiger partial charge in [0.2, 0.25) is 0 Å². The molecule has 0 unspecified atom stereocenters. The summed E-state index contributed by atoms with van der Waals surface area (Å²) in [6.07, 6.45) is -18.9. The van der Waals surface area contributed by atoms with Gasteiger partial charge in [0, 0.05) is 6.67 Å². The summed E-state index contributed by atoms with van der Waals surface area (Å²) in [6, 6.07) is -2.93. The Balaban J connectivity index is 1.83. The van der Waals surface area contributed by atoms with Crippen LogP contribution in [0.1, 0.15) is 6.92 Å². The van der Waals surface area contributed by atoms with Crippen LogP contribution in [0.15, 0.2) is 4.99 Å². The van der Waals surface area contributed by atoms with E-state index in [0.717, 1.165) is 0 Å². The van der Waals surface area contributed by atoms with E-state index in [4.69, 9.17) is 44.5 Å². The van der Waals surface area contributed by atoms with Gasteiger partial charge in [-0.3, -0.25) is 10.1 Å². The second-order valence-electron chi connectivity index (χ2n) is 10.6. The first-order valence-corrected chi connectivity index (χ1v) is 14.5. The highest BCUT2D eigenvalue weighted by atomic mass is 32.3. The van der Waals surface area contributed by atoms with Crippen LogP contribution >= 0.6 is 0 Å². The molecule has 44 heavy (non-hydrogen) atoms. The average Bonchev–Trinajstić information content (AvgIpc) is 3.33. The monoisotopic (exact) mass is 662 g/mol. The van der Waals surface area contributed by atoms with Crippen molar-refractivity contribution in [1.29, 1.82) is 0 Å². The number of aliphatic hydroxyl groups excluding tert-OH is 6. The number of nitrogens with one attached hydrogen (secondary N) is 2. The molecule has 0 aromatic rings. The molecule has 15 N–H and O–H groups in total. The van der Waals surface area contributed by atoms with E-state index in [9.17, 15) is 49.0 Å². The Bertz CT molecular complexity index is 1200. The maximum Gasteiger partial charge on any atom is 0.405 e. The SMILES string of the molecule is CN[C@@H]1[C@H](O[C@H]2[C@H](O[C@]34OS(=O)(=O)O[C@@]3(N=C(N)N)[C@H](O)[C@H](NCN)[C@H](O)[C@H]4O)O[C@@H](C)[C@]2(O)C=O)O[C@@H](CO)[C@H](O)[C@H]1O. The molecule has 254 valence electrons. The topological polar surface area (TPSA) is 363 Å². The third kappa shape index (κ3) is 5.39. The Morgan fingerprint density at radius 2 is 1.68 bits per heavy atom. The van der Waals surface area contributed by atoms with Crippen LogP contribution in [0.2, 0.25) is 0 Å². The zero-order chi connectivity index (χ0) is 33.0. The van der Waals surface area contributed by atoms with Gasteiger partial charge in [0.1, 0.15) is 42.7 Å². The molecule has 22 nitrogen and oxygen atoms in total. The highest BCUT2D eigenvalue weighted by Gasteiger charge is 2.80. The number of nitrogens with zero attached hydrogens (tertiary/aromatic N) is 1. The van der Waals surface area contributed by atoms with E-state index in [0.29, 0.717) is 0 Å². The molecule has 0 spiro atoms. The second kappa shape index (κ2) is 12.5. The molecule has 0 aromatic carbocycles. The minimum absolute atomic E-state index is 0.00356. The fourth-order valence-corrected chi connectivity index (χ4v) is 6.94. The number of carbonyl (C=O) groups is 1. The minimum atomic E-state index is -5.28. The van der Waals surface area contributed by atoms with Crippen molar-refractivity contribution in [2.75, 3.05) is 20.3 Å². The number of carbonyl (C=O) groups excluding carboxylic acids is 1. The third-order valence-electron chi connectivity index (χ3n) is 8.09. The molecule has 0 amide bonds. The van der Waals surface area contributed by atoms with Gasteiger partial charge in [-0.05, 0) is 14.0 Å². The highest BCUT2D eigenvalue weighted by Crippen LogP contribution is 2.53. The van der Waals surface area contributed by atoms with E-state index < -0.39 is 120 Å². The summed E-state index contributed by atoms with van der Waals surface area (Å²) in [6.45, 7) is -0.0245. The van der Waals surface area contributed by atoms with Crippen LogP contribution in [-0.4, -0.2) is 167 Å². The molecule has 4 rings (SSSR count). The van der Waals surface area contributed by atoms with Crippen LogP contribution in [0.4, 0.5) is 0 Å². The molecule has 0 bridgehead atoms. The van der Waals surface area contributed by atoms with Crippen LogP contribution < -0.4 is 27.8 Å². The van der Waals surface area contributed by atoms with Gasteiger partial charge < -0.3 is 77.2 Å². The molecule has 23 heteroatoms. The van der Waals surface area contributed by atoms with Crippen molar-refractivity contribution >= 4 is 22.6 Å². The molecule has 4 aliphatic rings. The molecule has 1 saturated carbocycles. The zero-order valence-electron chi connectivity index (χ0n) is 23.3. The zero-order valence-corrected chi connectivity index (χ0v) is 24.1. The maximum atomic E-state index is 12.8. The van der Waals surface area contributed by atoms with Gasteiger partial charge in [-0.1, -0.05) is 0 Å². The number of hydrogen-bond donors (Lipinski definition) is 12. The van der Waals surface area contributed by atoms with Gasteiger partial charge in [0.05, 0.1) is 24.8 Å². The predicted octanol–water partition coefficient (Wildman–Crippen LogP) is -8.98. The van der Waals surface area contributed by atoms with Crippen molar-refractivity contribution in [2.24, 2.45) is 22.2 Å². The van der Waals surface area contributed by atoms with Gasteiger partial charge in [0.15, 0.2) is 30.4 Å². The summed E-state index contributed by atoms with van der Waals surface area (Å²) in [5.74, 6) is -4.22. The summed E-state index contributed by atoms with van der Waals surface area (Å²) >= 11 is 0. The van der Waals surface area contributed by atoms with E-state index in [1.54, 1.807) is 0 Å². The fourth-order valence-electron chi connectivity index (χ4n) is 5.79. The lowest BCUT2D eigenvalue weighted by Crippen LogP contribution is -2.79. The first-order chi connectivity index (χ1) is 20.5. The number of rotatable bonds is 10. The number of aliphatic hydroxyl groups is 7. The lowest BCUT2D eigenvalue weighted by Gasteiger charge is -2.52. The number of hydrogen-bond acceptors (Lipinski definition) is 20. The van der Waals surface area contributed by atoms with Crippen LogP contribution in [0, 0.1) is 0 Å². The average molecular weight is 663 g/mol. The largest absolute Gasteiger partial charge is 0.405 e. The first kappa shape index (κ1) is 35.1. The van der Waals surface area contributed by atoms with E-state index in [1.165, 1.54) is 14.0 Å². The van der Waals surface area contributed by atoms with E-state index >= 15 is 0 Å². The van der Waals surface area contributed by atoms with E-state index in [-0.39, 0.29) is 6.29 Å². The standard InChI is InChI=1S/C21H38N6O16S/c1-6-19(35,4-29)15(40-16-9(25-2)11(31)10(30)7(3-28)39-16)17(38-6)41-21-14(34)12(32)8(26-5-22)13(33)20(21,27-18(23)24)42-44(36,37)43-21/h4,6-17,25-26,28,30-35H,3,5,22H2,1-2H3,(H4,23,24,27)/t6-,7-,8+,9-,10-,11-,12-,13+,14+,15-,16-,17-,19+,20-,21+/m0/s1. The van der Waals surface area contributed by atoms with Crippen molar-refractivity contribution in [2.45, 2.75) is 97.5 Å². The van der Waals surface area contributed by atoms with Crippen molar-refractivity contribution < 1.29 is 76.3 Å². The Labute approximate surface area is 249 Å². The van der Waals surface area contributed by atoms with Crippen LogP contribution in [0.5, 0.6) is 0 Å². The van der Waals surface area contributed by atoms with Crippen LogP contribution in [0.25, 0.3) is 0 Å².